The fourth-order valence-corrected chi connectivity index (χ4v) is 5.48. The summed E-state index contributed by atoms with van der Waals surface area (Å²) in [6.45, 7) is 4.21. The van der Waals surface area contributed by atoms with Gasteiger partial charge >= 0.3 is 0 Å². The Kier molecular flexibility index (Phi) is 4.29. The van der Waals surface area contributed by atoms with Crippen LogP contribution in [0, 0.1) is 0 Å². The Bertz CT molecular complexity index is 1430. The Labute approximate surface area is 185 Å². The number of hydrogen-bond donors (Lipinski definition) is 0. The first kappa shape index (κ1) is 18.2. The number of para-hydroxylation sites is 3. The molecule has 0 aliphatic carbocycles. The molecule has 31 heavy (non-hydrogen) atoms. The molecule has 1 aromatic heterocycles. The third kappa shape index (κ3) is 3.01. The van der Waals surface area contributed by atoms with E-state index in [0.29, 0.717) is 0 Å². The van der Waals surface area contributed by atoms with E-state index in [9.17, 15) is 0 Å². The first-order valence-corrected chi connectivity index (χ1v) is 11.4. The lowest BCUT2D eigenvalue weighted by molar-refractivity contribution is 1.10. The van der Waals surface area contributed by atoms with Gasteiger partial charge in [0.1, 0.15) is 5.82 Å². The second-order valence-electron chi connectivity index (χ2n) is 7.75. The van der Waals surface area contributed by atoms with E-state index in [-0.39, 0.29) is 0 Å². The minimum atomic E-state index is 0.958. The first-order valence-electron chi connectivity index (χ1n) is 10.4. The van der Waals surface area contributed by atoms with Gasteiger partial charge < -0.3 is 0 Å². The van der Waals surface area contributed by atoms with Gasteiger partial charge in [-0.3, -0.25) is 4.57 Å². The molecular formula is C28H20N2S. The normalized spacial score (nSPS) is 13.0. The zero-order valence-electron chi connectivity index (χ0n) is 17.0. The molecule has 2 heterocycles. The summed E-state index contributed by atoms with van der Waals surface area (Å²) in [6, 6.07) is 34.1. The average molecular weight is 417 g/mol. The number of imidazole rings is 1. The minimum absolute atomic E-state index is 0.958. The second-order valence-corrected chi connectivity index (χ2v) is 8.73. The van der Waals surface area contributed by atoms with E-state index in [1.807, 2.05) is 23.9 Å². The standard InChI is InChI=1S/C28H20N2S/c1-19-18-31-27-23(19)10-7-11-24(27)20-14-16-21(17-15-20)28-29-25-12-5-6-13-26(25)30(28)22-8-3-2-4-9-22/h2-17H,1,18H2. The van der Waals surface area contributed by atoms with Gasteiger partial charge in [0.25, 0.3) is 0 Å². The summed E-state index contributed by atoms with van der Waals surface area (Å²) in [5, 5.41) is 0. The van der Waals surface area contributed by atoms with Crippen LogP contribution in [0.2, 0.25) is 0 Å². The van der Waals surface area contributed by atoms with E-state index in [0.717, 1.165) is 33.9 Å². The van der Waals surface area contributed by atoms with Crippen molar-refractivity contribution in [2.75, 3.05) is 5.75 Å². The predicted molar refractivity (Wildman–Crippen MR) is 132 cm³/mol. The van der Waals surface area contributed by atoms with E-state index in [1.165, 1.54) is 27.2 Å². The molecule has 5 aromatic rings. The van der Waals surface area contributed by atoms with Crippen LogP contribution < -0.4 is 0 Å². The Balaban J connectivity index is 1.48. The van der Waals surface area contributed by atoms with Crippen molar-refractivity contribution >= 4 is 28.4 Å². The summed E-state index contributed by atoms with van der Waals surface area (Å²) in [5.41, 5.74) is 9.35. The highest BCUT2D eigenvalue weighted by Crippen LogP contribution is 2.44. The molecule has 0 radical (unpaired) electrons. The van der Waals surface area contributed by atoms with Crippen molar-refractivity contribution in [3.8, 4) is 28.2 Å². The maximum absolute atomic E-state index is 4.98. The molecule has 1 aliphatic rings. The zero-order chi connectivity index (χ0) is 20.8. The SMILES string of the molecule is C=C1CSc2c1cccc2-c1ccc(-c2nc3ccccc3n2-c2ccccc2)cc1. The topological polar surface area (TPSA) is 17.8 Å². The van der Waals surface area contributed by atoms with E-state index < -0.39 is 0 Å². The molecule has 6 rings (SSSR count). The predicted octanol–water partition coefficient (Wildman–Crippen LogP) is 7.48. The van der Waals surface area contributed by atoms with Crippen LogP contribution in [0.5, 0.6) is 0 Å². The van der Waals surface area contributed by atoms with Gasteiger partial charge in [-0.15, -0.1) is 11.8 Å². The van der Waals surface area contributed by atoms with Crippen LogP contribution in [0.1, 0.15) is 5.56 Å². The second kappa shape index (κ2) is 7.29. The Morgan fingerprint density at radius 3 is 2.26 bits per heavy atom. The van der Waals surface area contributed by atoms with Crippen LogP contribution >= 0.6 is 11.8 Å². The zero-order valence-corrected chi connectivity index (χ0v) is 17.8. The maximum Gasteiger partial charge on any atom is 0.145 e. The molecule has 0 fully saturated rings. The third-order valence-corrected chi connectivity index (χ3v) is 7.04. The summed E-state index contributed by atoms with van der Waals surface area (Å²) >= 11 is 1.88. The molecule has 0 bridgehead atoms. The van der Waals surface area contributed by atoms with Gasteiger partial charge in [-0.2, -0.15) is 0 Å². The summed E-state index contributed by atoms with van der Waals surface area (Å²) in [6.07, 6.45) is 0. The van der Waals surface area contributed by atoms with Crippen LogP contribution in [0.4, 0.5) is 0 Å². The fraction of sp³-hybridized carbons (Fsp3) is 0.0357. The van der Waals surface area contributed by atoms with Crippen molar-refractivity contribution < 1.29 is 0 Å². The summed E-state index contributed by atoms with van der Waals surface area (Å²) in [7, 11) is 0. The molecule has 1 aliphatic heterocycles. The number of nitrogens with zero attached hydrogens (tertiary/aromatic N) is 2. The van der Waals surface area contributed by atoms with Gasteiger partial charge in [-0.05, 0) is 46.5 Å². The molecule has 0 atom stereocenters. The van der Waals surface area contributed by atoms with Crippen LogP contribution in [-0.2, 0) is 0 Å². The number of benzene rings is 4. The van der Waals surface area contributed by atoms with Gasteiger partial charge in [0.05, 0.1) is 11.0 Å². The summed E-state index contributed by atoms with van der Waals surface area (Å²) in [5.74, 6) is 1.94. The van der Waals surface area contributed by atoms with Gasteiger partial charge in [0.15, 0.2) is 0 Å². The number of rotatable bonds is 3. The lowest BCUT2D eigenvalue weighted by Crippen LogP contribution is -1.97. The van der Waals surface area contributed by atoms with Crippen molar-refractivity contribution in [3.05, 3.63) is 109 Å². The lowest BCUT2D eigenvalue weighted by atomic mass is 9.99. The van der Waals surface area contributed by atoms with Crippen LogP contribution in [0.15, 0.2) is 109 Å². The van der Waals surface area contributed by atoms with Crippen LogP contribution in [0.25, 0.3) is 44.8 Å². The quantitative estimate of drug-likeness (QED) is 0.303. The van der Waals surface area contributed by atoms with Crippen LogP contribution in [0.3, 0.4) is 0 Å². The Hall–Kier alpha value is -3.56. The van der Waals surface area contributed by atoms with Crippen molar-refractivity contribution in [2.24, 2.45) is 0 Å². The third-order valence-electron chi connectivity index (χ3n) is 5.82. The Morgan fingerprint density at radius 2 is 1.42 bits per heavy atom. The van der Waals surface area contributed by atoms with Gasteiger partial charge in [-0.1, -0.05) is 79.4 Å². The molecule has 3 heteroatoms. The van der Waals surface area contributed by atoms with Crippen LogP contribution in [-0.4, -0.2) is 15.3 Å². The van der Waals surface area contributed by atoms with Gasteiger partial charge in [0.2, 0.25) is 0 Å². The smallest absolute Gasteiger partial charge is 0.145 e. The Morgan fingerprint density at radius 1 is 0.710 bits per heavy atom. The van der Waals surface area contributed by atoms with Gasteiger partial charge in [-0.25, -0.2) is 4.98 Å². The molecular weight excluding hydrogens is 396 g/mol. The first-order chi connectivity index (χ1) is 15.3. The largest absolute Gasteiger partial charge is 0.292 e. The molecule has 0 amide bonds. The van der Waals surface area contributed by atoms with Crippen molar-refractivity contribution in [2.45, 2.75) is 4.90 Å². The van der Waals surface area contributed by atoms with Crippen molar-refractivity contribution in [1.29, 1.82) is 0 Å². The molecule has 2 nitrogen and oxygen atoms in total. The molecule has 0 spiro atoms. The number of thioether (sulfide) groups is 1. The van der Waals surface area contributed by atoms with E-state index in [2.05, 4.69) is 96.1 Å². The van der Waals surface area contributed by atoms with Crippen molar-refractivity contribution in [1.82, 2.24) is 9.55 Å². The van der Waals surface area contributed by atoms with E-state index in [4.69, 9.17) is 4.98 Å². The average Bonchev–Trinajstić information content (AvgIpc) is 3.41. The minimum Gasteiger partial charge on any atom is -0.292 e. The molecule has 0 unspecified atom stereocenters. The highest BCUT2D eigenvalue weighted by atomic mass is 32.2. The summed E-state index contributed by atoms with van der Waals surface area (Å²) < 4.78 is 2.24. The number of aromatic nitrogens is 2. The molecule has 148 valence electrons. The number of fused-ring (bicyclic) bond motifs is 2. The maximum atomic E-state index is 4.98. The molecule has 0 N–H and O–H groups in total. The van der Waals surface area contributed by atoms with Crippen molar-refractivity contribution in [3.63, 3.8) is 0 Å². The highest BCUT2D eigenvalue weighted by molar-refractivity contribution is 8.00. The highest BCUT2D eigenvalue weighted by Gasteiger charge is 2.19. The fourth-order valence-electron chi connectivity index (χ4n) is 4.29. The summed E-state index contributed by atoms with van der Waals surface area (Å²) in [4.78, 5) is 6.32. The molecule has 0 saturated carbocycles. The molecule has 0 saturated heterocycles. The van der Waals surface area contributed by atoms with Gasteiger partial charge in [0, 0.05) is 21.9 Å². The van der Waals surface area contributed by atoms with E-state index in [1.54, 1.807) is 0 Å². The monoisotopic (exact) mass is 416 g/mol. The van der Waals surface area contributed by atoms with E-state index >= 15 is 0 Å². The molecule has 4 aromatic carbocycles. The number of hydrogen-bond acceptors (Lipinski definition) is 2. The lowest BCUT2D eigenvalue weighted by Gasteiger charge is -2.11.